The zero-order valence-electron chi connectivity index (χ0n) is 8.54. The lowest BCUT2D eigenvalue weighted by Gasteiger charge is -1.98. The van der Waals surface area contributed by atoms with Gasteiger partial charge in [-0.05, 0) is 15.9 Å². The van der Waals surface area contributed by atoms with Gasteiger partial charge in [0, 0.05) is 6.07 Å². The van der Waals surface area contributed by atoms with E-state index in [0.717, 1.165) is 13.2 Å². The van der Waals surface area contributed by atoms with E-state index in [1.54, 1.807) is 0 Å². The Morgan fingerprint density at radius 2 is 2.07 bits per heavy atom. The Morgan fingerprint density at radius 1 is 1.53 bits per heavy atom. The molecule has 0 saturated carbocycles. The first-order valence-electron chi connectivity index (χ1n) is 4.17. The van der Waals surface area contributed by atoms with Gasteiger partial charge in [0.1, 0.15) is 0 Å². The van der Waals surface area contributed by atoms with Crippen LogP contribution in [0.2, 0.25) is 0 Å². The highest BCUT2D eigenvalue weighted by atomic mass is 79.9. The number of hydrogen-bond donors (Lipinski definition) is 1. The molecule has 0 aliphatic rings. The average molecular weight is 279 g/mol. The second kappa shape index (κ2) is 6.23. The summed E-state index contributed by atoms with van der Waals surface area (Å²) in [6.07, 6.45) is 0. The maximum absolute atomic E-state index is 10.9. The van der Waals surface area contributed by atoms with E-state index < -0.39 is 17.3 Å². The van der Waals surface area contributed by atoms with Crippen molar-refractivity contribution in [3.05, 3.63) is 26.7 Å². The minimum Gasteiger partial charge on any atom is -0.501 e. The number of esters is 1. The topological polar surface area (TPSA) is 76.7 Å². The molecule has 1 rings (SSSR count). The Labute approximate surface area is 94.8 Å². The lowest BCUT2D eigenvalue weighted by Crippen LogP contribution is -2.07. The third-order valence-corrected chi connectivity index (χ3v) is 1.87. The monoisotopic (exact) mass is 278 g/mol. The van der Waals surface area contributed by atoms with Crippen LogP contribution < -0.4 is 5.63 Å². The molecule has 0 bridgehead atoms. The minimum atomic E-state index is -0.991. The summed E-state index contributed by atoms with van der Waals surface area (Å²) in [4.78, 5) is 21.7. The Kier molecular flexibility index (Phi) is 5.69. The van der Waals surface area contributed by atoms with Crippen LogP contribution in [0.1, 0.15) is 24.4 Å². The van der Waals surface area contributed by atoms with Crippen molar-refractivity contribution in [2.75, 3.05) is 7.11 Å². The number of aromatic hydroxyl groups is 1. The highest BCUT2D eigenvalue weighted by Crippen LogP contribution is 2.20. The van der Waals surface area contributed by atoms with Gasteiger partial charge in [0.25, 0.3) is 0 Å². The molecule has 0 unspecified atom stereocenters. The van der Waals surface area contributed by atoms with Crippen LogP contribution in [0.15, 0.2) is 19.8 Å². The molecular formula is C9H11BrO5. The summed E-state index contributed by atoms with van der Waals surface area (Å²) >= 11 is 2.88. The van der Waals surface area contributed by atoms with Gasteiger partial charge in [-0.2, -0.15) is 0 Å². The zero-order chi connectivity index (χ0) is 12.0. The molecule has 15 heavy (non-hydrogen) atoms. The first-order valence-corrected chi connectivity index (χ1v) is 4.96. The quantitative estimate of drug-likeness (QED) is 0.795. The first-order chi connectivity index (χ1) is 7.06. The number of ether oxygens (including phenoxy) is 1. The molecule has 5 nitrogen and oxygen atoms in total. The Morgan fingerprint density at radius 3 is 2.47 bits per heavy atom. The molecule has 0 fully saturated rings. The van der Waals surface area contributed by atoms with Crippen LogP contribution in [0, 0.1) is 0 Å². The van der Waals surface area contributed by atoms with E-state index in [1.165, 1.54) is 0 Å². The van der Waals surface area contributed by atoms with Crippen LogP contribution in [0.4, 0.5) is 0 Å². The van der Waals surface area contributed by atoms with E-state index in [2.05, 4.69) is 25.1 Å². The third kappa shape index (κ3) is 3.39. The molecule has 0 aromatic carbocycles. The van der Waals surface area contributed by atoms with Gasteiger partial charge in [-0.25, -0.2) is 9.59 Å². The smallest absolute Gasteiger partial charge is 0.380 e. The SMILES string of the molecule is CC.COC(=O)c1cc(Br)c(O)c(=O)o1. The van der Waals surface area contributed by atoms with Gasteiger partial charge in [0.15, 0.2) is 0 Å². The van der Waals surface area contributed by atoms with E-state index in [9.17, 15) is 9.59 Å². The van der Waals surface area contributed by atoms with Crippen molar-refractivity contribution >= 4 is 21.9 Å². The maximum atomic E-state index is 10.9. The second-order valence-electron chi connectivity index (χ2n) is 2.09. The van der Waals surface area contributed by atoms with E-state index >= 15 is 0 Å². The van der Waals surface area contributed by atoms with Gasteiger partial charge in [0.2, 0.25) is 11.5 Å². The van der Waals surface area contributed by atoms with Crippen LogP contribution in [0.5, 0.6) is 5.75 Å². The molecule has 0 amide bonds. The minimum absolute atomic E-state index is 0.0872. The molecule has 0 spiro atoms. The van der Waals surface area contributed by atoms with Crippen LogP contribution >= 0.6 is 15.9 Å². The van der Waals surface area contributed by atoms with Crippen molar-refractivity contribution in [1.29, 1.82) is 0 Å². The van der Waals surface area contributed by atoms with Crippen molar-refractivity contribution in [2.24, 2.45) is 0 Å². The van der Waals surface area contributed by atoms with Gasteiger partial charge < -0.3 is 14.3 Å². The van der Waals surface area contributed by atoms with E-state index in [4.69, 9.17) is 5.11 Å². The summed E-state index contributed by atoms with van der Waals surface area (Å²) in [6.45, 7) is 4.00. The van der Waals surface area contributed by atoms with Gasteiger partial charge in [-0.1, -0.05) is 13.8 Å². The fraction of sp³-hybridized carbons (Fsp3) is 0.333. The predicted octanol–water partition coefficient (Wildman–Crippen LogP) is 1.92. The molecule has 0 radical (unpaired) electrons. The van der Waals surface area contributed by atoms with Gasteiger partial charge in [-0.3, -0.25) is 0 Å². The number of halogens is 1. The van der Waals surface area contributed by atoms with Crippen LogP contribution in [-0.4, -0.2) is 18.2 Å². The molecule has 1 aromatic heterocycles. The second-order valence-corrected chi connectivity index (χ2v) is 2.94. The summed E-state index contributed by atoms with van der Waals surface area (Å²) in [5.41, 5.74) is -0.991. The van der Waals surface area contributed by atoms with Crippen LogP contribution in [-0.2, 0) is 4.74 Å². The van der Waals surface area contributed by atoms with Crippen molar-refractivity contribution < 1.29 is 19.1 Å². The number of carbonyl (C=O) groups excluding carboxylic acids is 1. The largest absolute Gasteiger partial charge is 0.501 e. The predicted molar refractivity (Wildman–Crippen MR) is 57.0 cm³/mol. The van der Waals surface area contributed by atoms with Crippen molar-refractivity contribution in [3.63, 3.8) is 0 Å². The molecule has 0 atom stereocenters. The summed E-state index contributed by atoms with van der Waals surface area (Å²) in [6, 6.07) is 1.16. The summed E-state index contributed by atoms with van der Waals surface area (Å²) < 4.78 is 8.83. The molecule has 84 valence electrons. The highest BCUT2D eigenvalue weighted by Gasteiger charge is 2.14. The third-order valence-electron chi connectivity index (χ3n) is 1.27. The van der Waals surface area contributed by atoms with Gasteiger partial charge in [-0.15, -0.1) is 0 Å². The van der Waals surface area contributed by atoms with E-state index in [1.807, 2.05) is 13.8 Å². The summed E-state index contributed by atoms with van der Waals surface area (Å²) in [5, 5.41) is 8.98. The Hall–Kier alpha value is -1.30. The molecule has 1 aromatic rings. The number of hydrogen-bond acceptors (Lipinski definition) is 5. The molecule has 0 aliphatic carbocycles. The van der Waals surface area contributed by atoms with E-state index in [0.29, 0.717) is 0 Å². The molecular weight excluding hydrogens is 268 g/mol. The summed E-state index contributed by atoms with van der Waals surface area (Å²) in [7, 11) is 1.16. The normalized spacial score (nSPS) is 8.80. The molecule has 6 heteroatoms. The number of methoxy groups -OCH3 is 1. The first kappa shape index (κ1) is 13.7. The van der Waals surface area contributed by atoms with Crippen molar-refractivity contribution in [3.8, 4) is 5.75 Å². The van der Waals surface area contributed by atoms with Crippen molar-refractivity contribution in [1.82, 2.24) is 0 Å². The fourth-order valence-corrected chi connectivity index (χ4v) is 1.03. The number of rotatable bonds is 1. The Bertz CT molecular complexity index is 396. The molecule has 1 N–H and O–H groups in total. The van der Waals surface area contributed by atoms with Gasteiger partial charge >= 0.3 is 11.6 Å². The van der Waals surface area contributed by atoms with Crippen LogP contribution in [0.25, 0.3) is 0 Å². The molecule has 0 aliphatic heterocycles. The van der Waals surface area contributed by atoms with Gasteiger partial charge in [0.05, 0.1) is 11.6 Å². The maximum Gasteiger partial charge on any atom is 0.380 e. The Balaban J connectivity index is 0.000000921. The average Bonchev–Trinajstić information content (AvgIpc) is 2.26. The van der Waals surface area contributed by atoms with E-state index in [-0.39, 0.29) is 10.2 Å². The lowest BCUT2D eigenvalue weighted by atomic mass is 10.4. The lowest BCUT2D eigenvalue weighted by molar-refractivity contribution is 0.0558. The van der Waals surface area contributed by atoms with Crippen molar-refractivity contribution in [2.45, 2.75) is 13.8 Å². The molecule has 0 saturated heterocycles. The number of carbonyl (C=O) groups is 1. The summed E-state index contributed by atoms with van der Waals surface area (Å²) in [5.74, 6) is -1.62. The standard InChI is InChI=1S/C7H5BrO5.C2H6/c1-12-6(10)4-2-3(8)5(9)7(11)13-4;1-2/h2,9H,1H3;1-2H3. The molecule has 1 heterocycles. The highest BCUT2D eigenvalue weighted by molar-refractivity contribution is 9.10. The fourth-order valence-electron chi connectivity index (χ4n) is 0.660. The van der Waals surface area contributed by atoms with Crippen LogP contribution in [0.3, 0.4) is 0 Å². The zero-order valence-corrected chi connectivity index (χ0v) is 10.1.